The summed E-state index contributed by atoms with van der Waals surface area (Å²) >= 11 is 0. The van der Waals surface area contributed by atoms with E-state index in [9.17, 15) is 9.59 Å². The molecule has 1 aliphatic heterocycles. The molecule has 2 amide bonds. The summed E-state index contributed by atoms with van der Waals surface area (Å²) < 4.78 is 4.78. The molecule has 1 atom stereocenters. The maximum Gasteiger partial charge on any atom is 0.331 e. The number of urea groups is 1. The molecule has 0 aromatic carbocycles. The Bertz CT molecular complexity index is 481. The normalized spacial score (nSPS) is 20.0. The van der Waals surface area contributed by atoms with Gasteiger partial charge in [-0.25, -0.2) is 9.59 Å². The fourth-order valence-corrected chi connectivity index (χ4v) is 2.40. The molecular weight excluding hydrogens is 246 g/mol. The van der Waals surface area contributed by atoms with Crippen LogP contribution >= 0.6 is 0 Å². The fourth-order valence-electron chi connectivity index (χ4n) is 2.40. The van der Waals surface area contributed by atoms with E-state index in [2.05, 4.69) is 4.98 Å². The topological polar surface area (TPSA) is 65.6 Å². The Balaban J connectivity index is 2.26. The first kappa shape index (κ1) is 13.5. The predicted octanol–water partition coefficient (Wildman–Crippen LogP) is 1.37. The Kier molecular flexibility index (Phi) is 3.26. The van der Waals surface area contributed by atoms with Crippen LogP contribution in [0, 0.1) is 0 Å². The second-order valence-corrected chi connectivity index (χ2v) is 5.21. The van der Waals surface area contributed by atoms with Gasteiger partial charge in [0, 0.05) is 26.0 Å². The van der Waals surface area contributed by atoms with E-state index in [1.807, 2.05) is 18.5 Å². The molecule has 1 aromatic rings. The molecule has 6 nitrogen and oxygen atoms in total. The molecule has 1 N–H and O–H groups in total. The first-order valence-electron chi connectivity index (χ1n) is 6.15. The second kappa shape index (κ2) is 4.60. The lowest BCUT2D eigenvalue weighted by Crippen LogP contribution is -2.52. The van der Waals surface area contributed by atoms with Crippen molar-refractivity contribution in [1.82, 2.24) is 14.8 Å². The zero-order valence-corrected chi connectivity index (χ0v) is 11.6. The average molecular weight is 265 g/mol. The van der Waals surface area contributed by atoms with Gasteiger partial charge in [-0.05, 0) is 25.5 Å². The molecule has 2 heterocycles. The maximum atomic E-state index is 12.3. The van der Waals surface area contributed by atoms with Crippen molar-refractivity contribution in [2.75, 3.05) is 20.7 Å². The van der Waals surface area contributed by atoms with Gasteiger partial charge in [0.25, 0.3) is 0 Å². The maximum absolute atomic E-state index is 12.3. The summed E-state index contributed by atoms with van der Waals surface area (Å²) in [7, 11) is 3.07. The van der Waals surface area contributed by atoms with E-state index < -0.39 is 11.5 Å². The Morgan fingerprint density at radius 2 is 2.21 bits per heavy atom. The van der Waals surface area contributed by atoms with Crippen molar-refractivity contribution in [1.29, 1.82) is 0 Å². The number of nitrogens with zero attached hydrogens (tertiary/aromatic N) is 2. The van der Waals surface area contributed by atoms with Crippen molar-refractivity contribution >= 4 is 12.0 Å². The summed E-state index contributed by atoms with van der Waals surface area (Å²) in [4.78, 5) is 30.3. The molecule has 0 radical (unpaired) electrons. The van der Waals surface area contributed by atoms with Crippen LogP contribution in [-0.2, 0) is 9.53 Å². The van der Waals surface area contributed by atoms with Gasteiger partial charge in [-0.2, -0.15) is 0 Å². The Morgan fingerprint density at radius 1 is 1.53 bits per heavy atom. The minimum Gasteiger partial charge on any atom is -0.467 e. The van der Waals surface area contributed by atoms with Gasteiger partial charge in [0.2, 0.25) is 0 Å². The molecule has 0 saturated carbocycles. The lowest BCUT2D eigenvalue weighted by atomic mass is 10.0. The molecule has 0 bridgehead atoms. The van der Waals surface area contributed by atoms with Crippen LogP contribution < -0.4 is 0 Å². The molecule has 1 saturated heterocycles. The highest BCUT2D eigenvalue weighted by molar-refractivity contribution is 5.88. The summed E-state index contributed by atoms with van der Waals surface area (Å²) in [6, 6.07) is 1.72. The van der Waals surface area contributed by atoms with Gasteiger partial charge in [0.15, 0.2) is 0 Å². The molecular formula is C13H19N3O3. The van der Waals surface area contributed by atoms with Crippen molar-refractivity contribution in [3.63, 3.8) is 0 Å². The second-order valence-electron chi connectivity index (χ2n) is 5.21. The number of hydrogen-bond acceptors (Lipinski definition) is 3. The number of nitrogens with one attached hydrogen (secondary N) is 1. The van der Waals surface area contributed by atoms with E-state index in [1.54, 1.807) is 30.7 Å². The summed E-state index contributed by atoms with van der Waals surface area (Å²) in [5, 5.41) is 0. The highest BCUT2D eigenvalue weighted by Crippen LogP contribution is 2.32. The van der Waals surface area contributed by atoms with Crippen molar-refractivity contribution in [3.8, 4) is 0 Å². The first-order valence-corrected chi connectivity index (χ1v) is 6.15. The molecule has 6 heteroatoms. The van der Waals surface area contributed by atoms with E-state index in [4.69, 9.17) is 4.74 Å². The van der Waals surface area contributed by atoms with Gasteiger partial charge in [0.1, 0.15) is 5.54 Å². The largest absolute Gasteiger partial charge is 0.467 e. The third-order valence-electron chi connectivity index (χ3n) is 3.72. The molecule has 0 aliphatic carbocycles. The van der Waals surface area contributed by atoms with Gasteiger partial charge < -0.3 is 19.5 Å². The smallest absolute Gasteiger partial charge is 0.331 e. The first-order chi connectivity index (χ1) is 8.89. The summed E-state index contributed by atoms with van der Waals surface area (Å²) in [6.45, 7) is 3.86. The van der Waals surface area contributed by atoms with Crippen LogP contribution in [0.4, 0.5) is 4.79 Å². The van der Waals surface area contributed by atoms with E-state index in [-0.39, 0.29) is 12.1 Å². The quantitative estimate of drug-likeness (QED) is 0.839. The number of aromatic nitrogens is 1. The Labute approximate surface area is 112 Å². The van der Waals surface area contributed by atoms with Crippen LogP contribution in [0.2, 0.25) is 0 Å². The van der Waals surface area contributed by atoms with Crippen LogP contribution in [-0.4, -0.2) is 53.0 Å². The molecule has 0 spiro atoms. The SMILES string of the molecule is COC(=O)C(C)(C)N1CC(c2cc[nH]c2)N(C)C1=O. The van der Waals surface area contributed by atoms with Crippen molar-refractivity contribution in [3.05, 3.63) is 24.0 Å². The van der Waals surface area contributed by atoms with Crippen LogP contribution in [0.1, 0.15) is 25.5 Å². The minimum atomic E-state index is -0.967. The van der Waals surface area contributed by atoms with Crippen LogP contribution in [0.5, 0.6) is 0 Å². The fraction of sp³-hybridized carbons (Fsp3) is 0.538. The highest BCUT2D eigenvalue weighted by Gasteiger charge is 2.47. The molecule has 1 aromatic heterocycles. The number of esters is 1. The van der Waals surface area contributed by atoms with Gasteiger partial charge >= 0.3 is 12.0 Å². The van der Waals surface area contributed by atoms with E-state index >= 15 is 0 Å². The van der Waals surface area contributed by atoms with Crippen LogP contribution in [0.3, 0.4) is 0 Å². The number of likely N-dealkylation sites (N-methyl/N-ethyl adjacent to an activating group) is 1. The lowest BCUT2D eigenvalue weighted by Gasteiger charge is -2.31. The number of amides is 2. The third-order valence-corrected chi connectivity index (χ3v) is 3.72. The number of carbonyl (C=O) groups is 2. The van der Waals surface area contributed by atoms with E-state index in [0.29, 0.717) is 6.54 Å². The van der Waals surface area contributed by atoms with Gasteiger partial charge in [-0.3, -0.25) is 0 Å². The predicted molar refractivity (Wildman–Crippen MR) is 69.5 cm³/mol. The zero-order chi connectivity index (χ0) is 14.2. The van der Waals surface area contributed by atoms with E-state index in [1.165, 1.54) is 7.11 Å². The standard InChI is InChI=1S/C13H19N3O3/c1-13(2,11(17)19-4)16-8-10(15(3)12(16)18)9-5-6-14-7-9/h5-7,10,14H,8H2,1-4H3. The molecule has 2 rings (SSSR count). The average Bonchev–Trinajstić information content (AvgIpc) is 2.98. The molecule has 1 unspecified atom stereocenters. The number of aromatic amines is 1. The molecule has 19 heavy (non-hydrogen) atoms. The number of ether oxygens (including phenoxy) is 1. The van der Waals surface area contributed by atoms with E-state index in [0.717, 1.165) is 5.56 Å². The summed E-state index contributed by atoms with van der Waals surface area (Å²) in [5.74, 6) is -0.413. The monoisotopic (exact) mass is 265 g/mol. The number of rotatable bonds is 3. The summed E-state index contributed by atoms with van der Waals surface area (Å²) in [6.07, 6.45) is 3.69. The summed E-state index contributed by atoms with van der Waals surface area (Å²) in [5.41, 5.74) is 0.0598. The van der Waals surface area contributed by atoms with Crippen molar-refractivity contribution in [2.24, 2.45) is 0 Å². The van der Waals surface area contributed by atoms with Gasteiger partial charge in [-0.1, -0.05) is 0 Å². The lowest BCUT2D eigenvalue weighted by molar-refractivity contribution is -0.151. The third kappa shape index (κ3) is 2.07. The van der Waals surface area contributed by atoms with Crippen molar-refractivity contribution < 1.29 is 14.3 Å². The number of H-pyrrole nitrogens is 1. The van der Waals surface area contributed by atoms with Gasteiger partial charge in [-0.15, -0.1) is 0 Å². The molecule has 104 valence electrons. The Hall–Kier alpha value is -1.98. The number of methoxy groups -OCH3 is 1. The van der Waals surface area contributed by atoms with Crippen molar-refractivity contribution in [2.45, 2.75) is 25.4 Å². The van der Waals surface area contributed by atoms with Gasteiger partial charge in [0.05, 0.1) is 13.2 Å². The molecule has 1 aliphatic rings. The highest BCUT2D eigenvalue weighted by atomic mass is 16.5. The minimum absolute atomic E-state index is 0.0531. The Morgan fingerprint density at radius 3 is 2.74 bits per heavy atom. The number of hydrogen-bond donors (Lipinski definition) is 1. The molecule has 1 fully saturated rings. The van der Waals surface area contributed by atoms with Crippen LogP contribution in [0.25, 0.3) is 0 Å². The zero-order valence-electron chi connectivity index (χ0n) is 11.6. The number of carbonyl (C=O) groups excluding carboxylic acids is 2. The van der Waals surface area contributed by atoms with Crippen LogP contribution in [0.15, 0.2) is 18.5 Å².